The van der Waals surface area contributed by atoms with E-state index in [1.807, 2.05) is 0 Å². The van der Waals surface area contributed by atoms with Crippen LogP contribution in [0.15, 0.2) is 30.3 Å². The first-order chi connectivity index (χ1) is 9.54. The third kappa shape index (κ3) is 2.97. The van der Waals surface area contributed by atoms with Gasteiger partial charge >= 0.3 is 5.97 Å². The van der Waals surface area contributed by atoms with Gasteiger partial charge in [0.15, 0.2) is 0 Å². The van der Waals surface area contributed by atoms with Crippen LogP contribution in [0.3, 0.4) is 0 Å². The van der Waals surface area contributed by atoms with Gasteiger partial charge in [-0.1, -0.05) is 18.2 Å². The Balaban J connectivity index is 2.02. The topological polar surface area (TPSA) is 116 Å². The normalized spacial score (nSPS) is 31.0. The molecule has 0 amide bonds. The van der Waals surface area contributed by atoms with Crippen LogP contribution in [0.5, 0.6) is 0 Å². The van der Waals surface area contributed by atoms with Crippen molar-refractivity contribution in [3.05, 3.63) is 35.9 Å². The van der Waals surface area contributed by atoms with Crippen molar-refractivity contribution in [1.29, 1.82) is 0 Å². The minimum Gasteiger partial charge on any atom is -0.429 e. The molecule has 1 aromatic carbocycles. The number of rotatable bonds is 4. The van der Waals surface area contributed by atoms with Gasteiger partial charge in [-0.2, -0.15) is 0 Å². The van der Waals surface area contributed by atoms with Gasteiger partial charge in [0, 0.05) is 0 Å². The van der Waals surface area contributed by atoms with Crippen LogP contribution in [-0.4, -0.2) is 63.7 Å². The summed E-state index contributed by atoms with van der Waals surface area (Å²) in [4.78, 5) is 11.8. The molecule has 0 radical (unpaired) electrons. The van der Waals surface area contributed by atoms with Crippen molar-refractivity contribution >= 4 is 5.97 Å². The van der Waals surface area contributed by atoms with Gasteiger partial charge in [-0.15, -0.1) is 0 Å². The van der Waals surface area contributed by atoms with Crippen molar-refractivity contribution in [3.63, 3.8) is 0 Å². The molecule has 110 valence electrons. The highest BCUT2D eigenvalue weighted by Gasteiger charge is 2.47. The summed E-state index contributed by atoms with van der Waals surface area (Å²) in [5, 5.41) is 37.6. The second-order valence-corrected chi connectivity index (χ2v) is 4.47. The maximum absolute atomic E-state index is 11.8. The lowest BCUT2D eigenvalue weighted by molar-refractivity contribution is -0.154. The molecule has 5 atom stereocenters. The molecule has 0 bridgehead atoms. The van der Waals surface area contributed by atoms with Crippen molar-refractivity contribution in [2.75, 3.05) is 6.61 Å². The highest BCUT2D eigenvalue weighted by Crippen LogP contribution is 2.25. The predicted molar refractivity (Wildman–Crippen MR) is 65.6 cm³/mol. The summed E-state index contributed by atoms with van der Waals surface area (Å²) in [6.45, 7) is -0.645. The van der Waals surface area contributed by atoms with Gasteiger partial charge in [0.1, 0.15) is 24.4 Å². The zero-order valence-electron chi connectivity index (χ0n) is 10.5. The van der Waals surface area contributed by atoms with Gasteiger partial charge in [-0.05, 0) is 12.1 Å². The Labute approximate surface area is 115 Å². The second kappa shape index (κ2) is 6.29. The number of esters is 1. The molecule has 0 unspecified atom stereocenters. The van der Waals surface area contributed by atoms with Gasteiger partial charge in [-0.3, -0.25) is 0 Å². The van der Waals surface area contributed by atoms with E-state index in [9.17, 15) is 20.1 Å². The number of carbonyl (C=O) groups is 1. The largest absolute Gasteiger partial charge is 0.429 e. The fourth-order valence-corrected chi connectivity index (χ4v) is 1.94. The summed E-state index contributed by atoms with van der Waals surface area (Å²) in [5.74, 6) is -0.721. The fraction of sp³-hybridized carbons (Fsp3) is 0.462. The second-order valence-electron chi connectivity index (χ2n) is 4.47. The van der Waals surface area contributed by atoms with E-state index in [0.717, 1.165) is 0 Å². The van der Waals surface area contributed by atoms with Crippen molar-refractivity contribution in [2.24, 2.45) is 0 Å². The van der Waals surface area contributed by atoms with Crippen LogP contribution in [0.1, 0.15) is 10.4 Å². The molecule has 0 spiro atoms. The molecule has 1 aromatic rings. The first-order valence-electron chi connectivity index (χ1n) is 6.11. The maximum atomic E-state index is 11.8. The minimum absolute atomic E-state index is 0.268. The summed E-state index contributed by atoms with van der Waals surface area (Å²) in [5.41, 5.74) is 0.268. The number of carbonyl (C=O) groups excluding carboxylic acids is 1. The molecule has 0 saturated carbocycles. The Bertz CT molecular complexity index is 449. The molecular weight excluding hydrogens is 268 g/mol. The smallest absolute Gasteiger partial charge is 0.340 e. The fourth-order valence-electron chi connectivity index (χ4n) is 1.94. The summed E-state index contributed by atoms with van der Waals surface area (Å²) >= 11 is 0. The van der Waals surface area contributed by atoms with Gasteiger partial charge in [-0.25, -0.2) is 4.79 Å². The Hall–Kier alpha value is -1.51. The average Bonchev–Trinajstić information content (AvgIpc) is 2.76. The van der Waals surface area contributed by atoms with Crippen LogP contribution in [-0.2, 0) is 9.47 Å². The molecule has 2 rings (SSSR count). The molecule has 7 nitrogen and oxygen atoms in total. The molecule has 1 saturated heterocycles. The van der Waals surface area contributed by atoms with Crippen molar-refractivity contribution in [3.8, 4) is 0 Å². The first-order valence-corrected chi connectivity index (χ1v) is 6.11. The van der Waals surface area contributed by atoms with Crippen LogP contribution >= 0.6 is 0 Å². The molecular formula is C13H16O7. The number of ether oxygens (including phenoxy) is 2. The molecule has 20 heavy (non-hydrogen) atoms. The number of aliphatic hydroxyl groups excluding tert-OH is 4. The van der Waals surface area contributed by atoms with Crippen molar-refractivity contribution < 1.29 is 34.7 Å². The van der Waals surface area contributed by atoms with E-state index < -0.39 is 43.3 Å². The Kier molecular flexibility index (Phi) is 4.69. The Morgan fingerprint density at radius 2 is 1.90 bits per heavy atom. The summed E-state index contributed by atoms with van der Waals surface area (Å²) in [7, 11) is 0. The zero-order chi connectivity index (χ0) is 14.7. The van der Waals surface area contributed by atoms with E-state index >= 15 is 0 Å². The van der Waals surface area contributed by atoms with Crippen LogP contribution in [0, 0.1) is 0 Å². The van der Waals surface area contributed by atoms with Gasteiger partial charge < -0.3 is 29.9 Å². The SMILES string of the molecule is O=C(O[C@H]1O[C@H]([C@@H](O)CO)[C@H](O)[C@@H]1O)c1ccccc1. The highest BCUT2D eigenvalue weighted by atomic mass is 16.7. The van der Waals surface area contributed by atoms with E-state index in [0.29, 0.717) is 0 Å². The van der Waals surface area contributed by atoms with E-state index in [1.54, 1.807) is 18.2 Å². The van der Waals surface area contributed by atoms with E-state index in [1.165, 1.54) is 12.1 Å². The molecule has 1 fully saturated rings. The predicted octanol–water partition coefficient (Wildman–Crippen LogP) is -1.36. The first kappa shape index (κ1) is 14.9. The van der Waals surface area contributed by atoms with Crippen molar-refractivity contribution in [1.82, 2.24) is 0 Å². The third-order valence-corrected chi connectivity index (χ3v) is 3.06. The molecule has 1 heterocycles. The average molecular weight is 284 g/mol. The molecule has 1 aliphatic heterocycles. The quantitative estimate of drug-likeness (QED) is 0.505. The summed E-state index contributed by atoms with van der Waals surface area (Å²) in [6, 6.07) is 8.08. The number of aliphatic hydroxyl groups is 4. The summed E-state index contributed by atoms with van der Waals surface area (Å²) in [6.07, 6.45) is -6.94. The molecule has 7 heteroatoms. The number of benzene rings is 1. The van der Waals surface area contributed by atoms with E-state index in [-0.39, 0.29) is 5.56 Å². The third-order valence-electron chi connectivity index (χ3n) is 3.06. The van der Waals surface area contributed by atoms with E-state index in [4.69, 9.17) is 14.6 Å². The van der Waals surface area contributed by atoms with Crippen LogP contribution in [0.25, 0.3) is 0 Å². The maximum Gasteiger partial charge on any atom is 0.340 e. The van der Waals surface area contributed by atoms with Crippen LogP contribution < -0.4 is 0 Å². The van der Waals surface area contributed by atoms with Crippen LogP contribution in [0.2, 0.25) is 0 Å². The van der Waals surface area contributed by atoms with Crippen LogP contribution in [0.4, 0.5) is 0 Å². The Morgan fingerprint density at radius 3 is 2.50 bits per heavy atom. The lowest BCUT2D eigenvalue weighted by Gasteiger charge is -2.18. The lowest BCUT2D eigenvalue weighted by Crippen LogP contribution is -2.40. The van der Waals surface area contributed by atoms with Crippen molar-refractivity contribution in [2.45, 2.75) is 30.7 Å². The molecule has 0 aromatic heterocycles. The lowest BCUT2D eigenvalue weighted by atomic mass is 10.1. The Morgan fingerprint density at radius 1 is 1.25 bits per heavy atom. The minimum atomic E-state index is -1.49. The number of hydrogen-bond donors (Lipinski definition) is 4. The molecule has 1 aliphatic rings. The highest BCUT2D eigenvalue weighted by molar-refractivity contribution is 5.89. The van der Waals surface area contributed by atoms with E-state index in [2.05, 4.69) is 0 Å². The standard InChI is InChI=1S/C13H16O7/c14-6-8(15)11-9(16)10(17)13(19-11)20-12(18)7-4-2-1-3-5-7/h1-5,8-11,13-17H,6H2/t8-,9+,10-,11+,13+/m0/s1. The monoisotopic (exact) mass is 284 g/mol. The number of hydrogen-bond acceptors (Lipinski definition) is 7. The van der Waals surface area contributed by atoms with Gasteiger partial charge in [0.25, 0.3) is 0 Å². The molecule has 4 N–H and O–H groups in total. The van der Waals surface area contributed by atoms with Gasteiger partial charge in [0.05, 0.1) is 12.2 Å². The van der Waals surface area contributed by atoms with Gasteiger partial charge in [0.2, 0.25) is 6.29 Å². The zero-order valence-corrected chi connectivity index (χ0v) is 10.5. The molecule has 0 aliphatic carbocycles. The summed E-state index contributed by atoms with van der Waals surface area (Å²) < 4.78 is 10.0.